The fraction of sp³-hybridized carbons (Fsp3) is 0.294. The number of halogens is 2. The summed E-state index contributed by atoms with van der Waals surface area (Å²) in [7, 11) is 1.57. The molecule has 24 heavy (non-hydrogen) atoms. The molecule has 0 aliphatic heterocycles. The lowest BCUT2D eigenvalue weighted by Gasteiger charge is -2.17. The van der Waals surface area contributed by atoms with Gasteiger partial charge in [-0.15, -0.1) is 0 Å². The number of nitrogens with one attached hydrogen (secondary N) is 2. The zero-order chi connectivity index (χ0) is 17.4. The fourth-order valence-electron chi connectivity index (χ4n) is 2.43. The molecule has 0 bridgehead atoms. The Morgan fingerprint density at radius 2 is 2.04 bits per heavy atom. The van der Waals surface area contributed by atoms with Gasteiger partial charge in [0, 0.05) is 22.2 Å². The lowest BCUT2D eigenvalue weighted by molar-refractivity contribution is 0.0951. The van der Waals surface area contributed by atoms with Crippen molar-refractivity contribution in [2.45, 2.75) is 25.8 Å². The van der Waals surface area contributed by atoms with Crippen molar-refractivity contribution < 1.29 is 9.18 Å². The van der Waals surface area contributed by atoms with Crippen molar-refractivity contribution in [1.29, 1.82) is 0 Å². The third kappa shape index (κ3) is 3.45. The standard InChI is InChI=1S/C17H17FIN3O2/c1-9-7-12(16(23)20-11-4-5-11)15(22(2)17(9)24)21-14-6-3-10(19)8-13(14)18/h3,6-8,11,21H,4-5H2,1-2H3,(H,20,23). The molecular formula is C17H17FIN3O2. The maximum absolute atomic E-state index is 14.1. The minimum absolute atomic E-state index is 0.193. The number of carbonyl (C=O) groups is 1. The molecule has 1 aliphatic rings. The van der Waals surface area contributed by atoms with Gasteiger partial charge in [0.25, 0.3) is 11.5 Å². The van der Waals surface area contributed by atoms with Crippen LogP contribution >= 0.6 is 22.6 Å². The molecule has 3 rings (SSSR count). The molecule has 1 amide bonds. The van der Waals surface area contributed by atoms with Crippen LogP contribution in [0.25, 0.3) is 0 Å². The zero-order valence-electron chi connectivity index (χ0n) is 13.3. The summed E-state index contributed by atoms with van der Waals surface area (Å²) < 4.78 is 16.3. The monoisotopic (exact) mass is 441 g/mol. The third-order valence-electron chi connectivity index (χ3n) is 3.93. The van der Waals surface area contributed by atoms with Crippen molar-refractivity contribution in [3.05, 3.63) is 55.1 Å². The third-order valence-corrected chi connectivity index (χ3v) is 4.61. The number of pyridine rings is 1. The van der Waals surface area contributed by atoms with Gasteiger partial charge in [0.2, 0.25) is 0 Å². The first-order valence-corrected chi connectivity index (χ1v) is 8.68. The van der Waals surface area contributed by atoms with Crippen LogP contribution in [0.15, 0.2) is 29.1 Å². The molecule has 0 saturated heterocycles. The van der Waals surface area contributed by atoms with Crippen molar-refractivity contribution in [2.75, 3.05) is 5.32 Å². The Morgan fingerprint density at radius 1 is 1.33 bits per heavy atom. The smallest absolute Gasteiger partial charge is 0.255 e. The van der Waals surface area contributed by atoms with Gasteiger partial charge in [0.1, 0.15) is 11.6 Å². The van der Waals surface area contributed by atoms with E-state index in [0.717, 1.165) is 16.4 Å². The van der Waals surface area contributed by atoms with Gasteiger partial charge >= 0.3 is 0 Å². The van der Waals surface area contributed by atoms with E-state index in [1.54, 1.807) is 32.2 Å². The van der Waals surface area contributed by atoms with Gasteiger partial charge in [-0.05, 0) is 66.6 Å². The fourth-order valence-corrected chi connectivity index (χ4v) is 2.88. The molecule has 0 spiro atoms. The van der Waals surface area contributed by atoms with E-state index in [1.165, 1.54) is 10.6 Å². The van der Waals surface area contributed by atoms with Gasteiger partial charge in [0.05, 0.1) is 11.3 Å². The van der Waals surface area contributed by atoms with E-state index < -0.39 is 5.82 Å². The molecule has 1 aromatic carbocycles. The maximum atomic E-state index is 14.1. The van der Waals surface area contributed by atoms with Crippen LogP contribution in [0.2, 0.25) is 0 Å². The minimum atomic E-state index is -0.441. The summed E-state index contributed by atoms with van der Waals surface area (Å²) >= 11 is 2.02. The highest BCUT2D eigenvalue weighted by molar-refractivity contribution is 14.1. The maximum Gasteiger partial charge on any atom is 0.255 e. The quantitative estimate of drug-likeness (QED) is 0.718. The number of rotatable bonds is 4. The van der Waals surface area contributed by atoms with Crippen LogP contribution in [0.4, 0.5) is 15.9 Å². The number of nitrogens with zero attached hydrogens (tertiary/aromatic N) is 1. The number of aromatic nitrogens is 1. The summed E-state index contributed by atoms with van der Waals surface area (Å²) in [6.45, 7) is 1.66. The number of amides is 1. The summed E-state index contributed by atoms with van der Waals surface area (Å²) in [6.07, 6.45) is 1.93. The van der Waals surface area contributed by atoms with Gasteiger partial charge in [-0.3, -0.25) is 14.2 Å². The zero-order valence-corrected chi connectivity index (χ0v) is 15.5. The Morgan fingerprint density at radius 3 is 2.67 bits per heavy atom. The molecule has 1 saturated carbocycles. The number of anilines is 2. The number of carbonyl (C=O) groups excluding carboxylic acids is 1. The molecule has 0 unspecified atom stereocenters. The highest BCUT2D eigenvalue weighted by Gasteiger charge is 2.26. The SMILES string of the molecule is Cc1cc(C(=O)NC2CC2)c(Nc2ccc(I)cc2F)n(C)c1=O. The lowest BCUT2D eigenvalue weighted by atomic mass is 10.1. The Kier molecular flexibility index (Phi) is 4.62. The molecular weight excluding hydrogens is 424 g/mol. The highest BCUT2D eigenvalue weighted by atomic mass is 127. The molecule has 2 aromatic rings. The second-order valence-electron chi connectivity index (χ2n) is 5.95. The predicted octanol–water partition coefficient (Wildman–Crippen LogP) is 3.07. The molecule has 1 heterocycles. The van der Waals surface area contributed by atoms with Gasteiger partial charge in [0.15, 0.2) is 0 Å². The van der Waals surface area contributed by atoms with Crippen LogP contribution in [-0.4, -0.2) is 16.5 Å². The summed E-state index contributed by atoms with van der Waals surface area (Å²) in [4.78, 5) is 24.7. The van der Waals surface area contributed by atoms with E-state index in [9.17, 15) is 14.0 Å². The molecule has 1 fully saturated rings. The Balaban J connectivity index is 2.05. The molecule has 5 nitrogen and oxygen atoms in total. The molecule has 7 heteroatoms. The molecule has 0 radical (unpaired) electrons. The normalized spacial score (nSPS) is 13.7. The predicted molar refractivity (Wildman–Crippen MR) is 99.3 cm³/mol. The van der Waals surface area contributed by atoms with E-state index in [-0.39, 0.29) is 29.0 Å². The molecule has 1 aromatic heterocycles. The largest absolute Gasteiger partial charge is 0.349 e. The van der Waals surface area contributed by atoms with Crippen molar-refractivity contribution in [3.8, 4) is 0 Å². The Hall–Kier alpha value is -1.90. The summed E-state index contributed by atoms with van der Waals surface area (Å²) in [6, 6.07) is 6.47. The van der Waals surface area contributed by atoms with Crippen molar-refractivity contribution in [2.24, 2.45) is 7.05 Å². The van der Waals surface area contributed by atoms with Crippen LogP contribution in [0, 0.1) is 16.3 Å². The molecule has 1 aliphatic carbocycles. The number of hydrogen-bond donors (Lipinski definition) is 2. The van der Waals surface area contributed by atoms with Crippen LogP contribution in [-0.2, 0) is 7.05 Å². The van der Waals surface area contributed by atoms with Crippen LogP contribution in [0.1, 0.15) is 28.8 Å². The van der Waals surface area contributed by atoms with Gasteiger partial charge in [-0.1, -0.05) is 0 Å². The van der Waals surface area contributed by atoms with Crippen molar-refractivity contribution in [3.63, 3.8) is 0 Å². The summed E-state index contributed by atoms with van der Waals surface area (Å²) in [5, 5.41) is 5.81. The van der Waals surface area contributed by atoms with Crippen LogP contribution < -0.4 is 16.2 Å². The average molecular weight is 441 g/mol. The van der Waals surface area contributed by atoms with E-state index >= 15 is 0 Å². The Labute approximate surface area is 152 Å². The summed E-state index contributed by atoms with van der Waals surface area (Å²) in [5.41, 5.74) is 0.785. The van der Waals surface area contributed by atoms with Crippen molar-refractivity contribution >= 4 is 40.0 Å². The number of hydrogen-bond acceptors (Lipinski definition) is 3. The molecule has 2 N–H and O–H groups in total. The highest BCUT2D eigenvalue weighted by Crippen LogP contribution is 2.25. The van der Waals surface area contributed by atoms with E-state index in [0.29, 0.717) is 11.1 Å². The second kappa shape index (κ2) is 6.54. The van der Waals surface area contributed by atoms with Gasteiger partial charge < -0.3 is 10.6 Å². The van der Waals surface area contributed by atoms with Crippen LogP contribution in [0.3, 0.4) is 0 Å². The average Bonchev–Trinajstić information content (AvgIpc) is 3.33. The van der Waals surface area contributed by atoms with Gasteiger partial charge in [-0.25, -0.2) is 4.39 Å². The van der Waals surface area contributed by atoms with Gasteiger partial charge in [-0.2, -0.15) is 0 Å². The first-order valence-electron chi connectivity index (χ1n) is 7.60. The molecule has 0 atom stereocenters. The van der Waals surface area contributed by atoms with E-state index in [2.05, 4.69) is 10.6 Å². The first kappa shape index (κ1) is 16.9. The number of benzene rings is 1. The van der Waals surface area contributed by atoms with Crippen LogP contribution in [0.5, 0.6) is 0 Å². The summed E-state index contributed by atoms with van der Waals surface area (Å²) in [5.74, 6) is -0.419. The topological polar surface area (TPSA) is 63.1 Å². The Bertz CT molecular complexity index is 875. The van der Waals surface area contributed by atoms with E-state index in [1.807, 2.05) is 22.6 Å². The number of aryl methyl sites for hydroxylation is 1. The lowest BCUT2D eigenvalue weighted by Crippen LogP contribution is -2.30. The first-order chi connectivity index (χ1) is 11.4. The van der Waals surface area contributed by atoms with Crippen molar-refractivity contribution in [1.82, 2.24) is 9.88 Å². The minimum Gasteiger partial charge on any atom is -0.349 e. The van der Waals surface area contributed by atoms with E-state index in [4.69, 9.17) is 0 Å². The molecule has 126 valence electrons. The second-order valence-corrected chi connectivity index (χ2v) is 7.20.